The average molecular weight is 316 g/mol. The van der Waals surface area contributed by atoms with Gasteiger partial charge < -0.3 is 10.7 Å². The van der Waals surface area contributed by atoms with Crippen molar-refractivity contribution in [3.8, 4) is 0 Å². The van der Waals surface area contributed by atoms with E-state index in [1.807, 2.05) is 0 Å². The van der Waals surface area contributed by atoms with Crippen molar-refractivity contribution in [1.29, 1.82) is 0 Å². The van der Waals surface area contributed by atoms with Crippen LogP contribution >= 0.6 is 27.7 Å². The Morgan fingerprint density at radius 1 is 1.47 bits per heavy atom. The summed E-state index contributed by atoms with van der Waals surface area (Å²) in [6.45, 7) is 0. The van der Waals surface area contributed by atoms with Crippen molar-refractivity contribution in [3.63, 3.8) is 0 Å². The lowest BCUT2D eigenvalue weighted by atomic mass is 10.3. The normalized spacial score (nSPS) is 10.5. The molecule has 0 amide bonds. The first-order valence-corrected chi connectivity index (χ1v) is 6.15. The number of aromatic nitrogens is 2. The summed E-state index contributed by atoms with van der Waals surface area (Å²) >= 11 is 4.14. The third-order valence-corrected chi connectivity index (χ3v) is 3.49. The number of hydrogen-bond acceptors (Lipinski definition) is 4. The molecule has 0 aliphatic rings. The molecule has 2 rings (SSSR count). The SMILES string of the molecule is Nc1cc(Br)c(F)cc1Sc1nccc(=O)[nH]1. The fourth-order valence-electron chi connectivity index (χ4n) is 1.14. The molecule has 0 fully saturated rings. The monoisotopic (exact) mass is 315 g/mol. The topological polar surface area (TPSA) is 71.8 Å². The molecule has 0 spiro atoms. The van der Waals surface area contributed by atoms with Crippen LogP contribution in [0.25, 0.3) is 0 Å². The summed E-state index contributed by atoms with van der Waals surface area (Å²) in [7, 11) is 0. The summed E-state index contributed by atoms with van der Waals surface area (Å²) in [5.74, 6) is -0.417. The number of rotatable bonds is 2. The van der Waals surface area contributed by atoms with E-state index in [-0.39, 0.29) is 5.56 Å². The van der Waals surface area contributed by atoms with Crippen LogP contribution in [0.3, 0.4) is 0 Å². The van der Waals surface area contributed by atoms with E-state index in [1.165, 1.54) is 24.4 Å². The lowest BCUT2D eigenvalue weighted by Gasteiger charge is -2.05. The van der Waals surface area contributed by atoms with Gasteiger partial charge in [-0.05, 0) is 39.8 Å². The Labute approximate surface area is 109 Å². The third kappa shape index (κ3) is 2.86. The van der Waals surface area contributed by atoms with Crippen LogP contribution < -0.4 is 11.3 Å². The van der Waals surface area contributed by atoms with Crippen molar-refractivity contribution in [1.82, 2.24) is 9.97 Å². The van der Waals surface area contributed by atoms with Crippen molar-refractivity contribution < 1.29 is 4.39 Å². The Balaban J connectivity index is 2.36. The summed E-state index contributed by atoms with van der Waals surface area (Å²) < 4.78 is 13.6. The van der Waals surface area contributed by atoms with Gasteiger partial charge in [0.15, 0.2) is 5.16 Å². The largest absolute Gasteiger partial charge is 0.398 e. The predicted molar refractivity (Wildman–Crippen MR) is 67.5 cm³/mol. The Hall–Kier alpha value is -1.34. The minimum atomic E-state index is -0.417. The van der Waals surface area contributed by atoms with Gasteiger partial charge in [0.2, 0.25) is 0 Å². The second kappa shape index (κ2) is 4.89. The number of halogens is 2. The van der Waals surface area contributed by atoms with Crippen LogP contribution in [0.2, 0.25) is 0 Å². The molecule has 88 valence electrons. The molecule has 0 unspecified atom stereocenters. The van der Waals surface area contributed by atoms with E-state index in [9.17, 15) is 9.18 Å². The number of nitrogens with zero attached hydrogens (tertiary/aromatic N) is 1. The molecule has 7 heteroatoms. The molecule has 0 saturated carbocycles. The Morgan fingerprint density at radius 2 is 2.24 bits per heavy atom. The van der Waals surface area contributed by atoms with Crippen molar-refractivity contribution in [2.45, 2.75) is 10.1 Å². The molecule has 0 radical (unpaired) electrons. The number of hydrogen-bond donors (Lipinski definition) is 2. The van der Waals surface area contributed by atoms with Gasteiger partial charge >= 0.3 is 0 Å². The van der Waals surface area contributed by atoms with Gasteiger partial charge in [0.1, 0.15) is 5.82 Å². The van der Waals surface area contributed by atoms with Crippen molar-refractivity contribution in [3.05, 3.63) is 45.0 Å². The van der Waals surface area contributed by atoms with Crippen molar-refractivity contribution >= 4 is 33.4 Å². The van der Waals surface area contributed by atoms with E-state index in [4.69, 9.17) is 5.73 Å². The van der Waals surface area contributed by atoms with Crippen molar-refractivity contribution in [2.24, 2.45) is 0 Å². The van der Waals surface area contributed by atoms with Crippen LogP contribution in [0.5, 0.6) is 0 Å². The van der Waals surface area contributed by atoms with E-state index in [2.05, 4.69) is 25.9 Å². The zero-order valence-electron chi connectivity index (χ0n) is 8.41. The highest BCUT2D eigenvalue weighted by Gasteiger charge is 2.08. The Bertz CT molecular complexity index is 617. The summed E-state index contributed by atoms with van der Waals surface area (Å²) in [5, 5.41) is 0.367. The van der Waals surface area contributed by atoms with Crippen LogP contribution in [0.1, 0.15) is 0 Å². The highest BCUT2D eigenvalue weighted by molar-refractivity contribution is 9.10. The molecule has 1 heterocycles. The zero-order valence-corrected chi connectivity index (χ0v) is 10.8. The maximum Gasteiger partial charge on any atom is 0.251 e. The number of H-pyrrole nitrogens is 1. The van der Waals surface area contributed by atoms with Crippen LogP contribution in [-0.2, 0) is 0 Å². The maximum absolute atomic E-state index is 13.3. The van der Waals surface area contributed by atoms with Gasteiger partial charge in [0.05, 0.1) is 4.47 Å². The summed E-state index contributed by atoms with van der Waals surface area (Å²) in [6.07, 6.45) is 1.38. The van der Waals surface area contributed by atoms with Gasteiger partial charge in [0, 0.05) is 22.8 Å². The Morgan fingerprint density at radius 3 is 2.94 bits per heavy atom. The fourth-order valence-corrected chi connectivity index (χ4v) is 2.31. The van der Waals surface area contributed by atoms with Gasteiger partial charge in [-0.2, -0.15) is 0 Å². The molecule has 0 atom stereocenters. The highest BCUT2D eigenvalue weighted by Crippen LogP contribution is 2.32. The molecule has 1 aromatic heterocycles. The van der Waals surface area contributed by atoms with Crippen LogP contribution in [0.15, 0.2) is 43.7 Å². The molecule has 2 aromatic rings. The van der Waals surface area contributed by atoms with Gasteiger partial charge in [-0.1, -0.05) is 0 Å². The second-order valence-electron chi connectivity index (χ2n) is 3.15. The summed E-state index contributed by atoms with van der Waals surface area (Å²) in [6, 6.07) is 4.06. The standard InChI is InChI=1S/C10H7BrFN3OS/c11-5-3-7(13)8(4-6(5)12)17-10-14-2-1-9(16)15-10/h1-4H,13H2,(H,14,15,16). The quantitative estimate of drug-likeness (QED) is 0.659. The first kappa shape index (κ1) is 12.1. The molecule has 4 nitrogen and oxygen atoms in total. The molecular formula is C10H7BrFN3OS. The van der Waals surface area contributed by atoms with Crippen LogP contribution in [-0.4, -0.2) is 9.97 Å². The molecule has 3 N–H and O–H groups in total. The lowest BCUT2D eigenvalue weighted by Crippen LogP contribution is -2.05. The number of aromatic amines is 1. The number of nitrogen functional groups attached to an aromatic ring is 1. The van der Waals surface area contributed by atoms with E-state index in [0.29, 0.717) is 20.2 Å². The third-order valence-electron chi connectivity index (χ3n) is 1.91. The van der Waals surface area contributed by atoms with Crippen LogP contribution in [0.4, 0.5) is 10.1 Å². The summed E-state index contributed by atoms with van der Waals surface area (Å²) in [4.78, 5) is 18.0. The average Bonchev–Trinajstić information content (AvgIpc) is 2.26. The van der Waals surface area contributed by atoms with Crippen molar-refractivity contribution in [2.75, 3.05) is 5.73 Å². The first-order valence-electron chi connectivity index (χ1n) is 4.54. The maximum atomic E-state index is 13.3. The van der Waals surface area contributed by atoms with Gasteiger partial charge in [0.25, 0.3) is 5.56 Å². The van der Waals surface area contributed by atoms with E-state index >= 15 is 0 Å². The number of nitrogens with two attached hydrogens (primary N) is 1. The van der Waals surface area contributed by atoms with E-state index in [0.717, 1.165) is 11.8 Å². The number of nitrogens with one attached hydrogen (secondary N) is 1. The molecule has 0 saturated heterocycles. The summed E-state index contributed by atoms with van der Waals surface area (Å²) in [5.41, 5.74) is 5.89. The molecule has 17 heavy (non-hydrogen) atoms. The number of anilines is 1. The van der Waals surface area contributed by atoms with E-state index in [1.54, 1.807) is 0 Å². The number of benzene rings is 1. The minimum Gasteiger partial charge on any atom is -0.398 e. The predicted octanol–water partition coefficient (Wildman–Crippen LogP) is 2.40. The molecule has 1 aromatic carbocycles. The smallest absolute Gasteiger partial charge is 0.251 e. The van der Waals surface area contributed by atoms with Crippen LogP contribution in [0, 0.1) is 5.82 Å². The first-order chi connectivity index (χ1) is 8.06. The van der Waals surface area contributed by atoms with Gasteiger partial charge in [-0.15, -0.1) is 0 Å². The van der Waals surface area contributed by atoms with E-state index < -0.39 is 5.82 Å². The minimum absolute atomic E-state index is 0.265. The lowest BCUT2D eigenvalue weighted by molar-refractivity contribution is 0.618. The Kier molecular flexibility index (Phi) is 3.49. The molecule has 0 bridgehead atoms. The second-order valence-corrected chi connectivity index (χ2v) is 5.03. The fraction of sp³-hybridized carbons (Fsp3) is 0. The zero-order chi connectivity index (χ0) is 12.4. The molecule has 0 aliphatic carbocycles. The van der Waals surface area contributed by atoms with Gasteiger partial charge in [-0.25, -0.2) is 9.37 Å². The van der Waals surface area contributed by atoms with Gasteiger partial charge in [-0.3, -0.25) is 4.79 Å². The molecule has 0 aliphatic heterocycles. The molecular weight excluding hydrogens is 309 g/mol. The highest BCUT2D eigenvalue weighted by atomic mass is 79.9.